The minimum absolute atomic E-state index is 0.0905. The average molecular weight is 656 g/mol. The molecule has 0 saturated heterocycles. The molecule has 0 fully saturated rings. The van der Waals surface area contributed by atoms with E-state index in [1.54, 1.807) is 0 Å². The molecule has 0 aliphatic heterocycles. The maximum absolute atomic E-state index is 13.9. The maximum Gasteiger partial charge on any atom is 0.227 e. The van der Waals surface area contributed by atoms with E-state index in [9.17, 15) is 4.79 Å². The Morgan fingerprint density at radius 3 is 1.53 bits per heavy atom. The fourth-order valence-corrected chi connectivity index (χ4v) is 5.73. The Labute approximate surface area is 292 Å². The first-order valence-electron chi connectivity index (χ1n) is 17.6. The molecule has 5 aromatic rings. The summed E-state index contributed by atoms with van der Waals surface area (Å²) in [6.07, 6.45) is 6.53. The zero-order valence-electron chi connectivity index (χ0n) is 28.6. The van der Waals surface area contributed by atoms with Gasteiger partial charge in [0.15, 0.2) is 0 Å². The molecule has 0 aromatic heterocycles. The largest absolute Gasteiger partial charge is 0.489 e. The quantitative estimate of drug-likeness (QED) is 0.0739. The first kappa shape index (κ1) is 35.4. The number of nitrogens with zero attached hydrogens (tertiary/aromatic N) is 1. The lowest BCUT2D eigenvalue weighted by molar-refractivity contribution is -0.131. The third-order valence-electron chi connectivity index (χ3n) is 8.42. The van der Waals surface area contributed by atoms with E-state index < -0.39 is 0 Å². The molecule has 0 bridgehead atoms. The Balaban J connectivity index is 1.14. The third-order valence-corrected chi connectivity index (χ3v) is 8.42. The van der Waals surface area contributed by atoms with Gasteiger partial charge >= 0.3 is 0 Å². The van der Waals surface area contributed by atoms with E-state index in [1.807, 2.05) is 102 Å². The molecule has 0 atom stereocenters. The van der Waals surface area contributed by atoms with Crippen LogP contribution in [0.4, 0.5) is 0 Å². The molecule has 0 heterocycles. The summed E-state index contributed by atoms with van der Waals surface area (Å²) in [6, 6.07) is 46.9. The van der Waals surface area contributed by atoms with E-state index in [0.717, 1.165) is 74.0 Å². The standard InChI is InChI=1S/C44H49NO4/c46-44(32-41-30-42(48-35-39-23-10-3-11-24-39)33-43(31-41)49-36-40-25-12-4-13-26-40)45(34-38-21-8-2-9-22-38)27-15-5-16-28-47-29-17-14-20-37-18-6-1-7-19-37/h1-4,6-13,18-19,21-26,30-31,33H,5,14-17,20,27-29,32,34-36H2. The number of benzene rings is 5. The van der Waals surface area contributed by atoms with Crippen molar-refractivity contribution >= 4 is 5.91 Å². The third kappa shape index (κ3) is 13.3. The van der Waals surface area contributed by atoms with Gasteiger partial charge in [-0.1, -0.05) is 121 Å². The van der Waals surface area contributed by atoms with E-state index in [-0.39, 0.29) is 12.3 Å². The van der Waals surface area contributed by atoms with Gasteiger partial charge in [0.1, 0.15) is 24.7 Å². The second kappa shape index (κ2) is 20.5. The SMILES string of the molecule is O=C(Cc1cc(OCc2ccccc2)cc(OCc2ccccc2)c1)N(CCCCCOCCCCc1ccccc1)Cc1ccccc1. The monoisotopic (exact) mass is 655 g/mol. The number of carbonyl (C=O) groups excluding carboxylic acids is 1. The Kier molecular flexibility index (Phi) is 14.8. The first-order chi connectivity index (χ1) is 24.2. The molecule has 1 amide bonds. The summed E-state index contributed by atoms with van der Waals surface area (Å²) in [5.41, 5.74) is 5.55. The molecule has 49 heavy (non-hydrogen) atoms. The maximum atomic E-state index is 13.9. The smallest absolute Gasteiger partial charge is 0.227 e. The number of hydrogen-bond donors (Lipinski definition) is 0. The van der Waals surface area contributed by atoms with E-state index in [0.29, 0.717) is 37.8 Å². The van der Waals surface area contributed by atoms with Crippen LogP contribution in [0.25, 0.3) is 0 Å². The molecular formula is C44H49NO4. The number of unbranched alkanes of at least 4 members (excludes halogenated alkanes) is 3. The fourth-order valence-electron chi connectivity index (χ4n) is 5.73. The van der Waals surface area contributed by atoms with Crippen LogP contribution in [0.2, 0.25) is 0 Å². The van der Waals surface area contributed by atoms with Crippen LogP contribution >= 0.6 is 0 Å². The summed E-state index contributed by atoms with van der Waals surface area (Å²) in [6.45, 7) is 3.73. The Morgan fingerprint density at radius 1 is 0.490 bits per heavy atom. The normalized spacial score (nSPS) is 10.9. The summed E-state index contributed by atoms with van der Waals surface area (Å²) in [5, 5.41) is 0. The molecule has 5 rings (SSSR count). The van der Waals surface area contributed by atoms with Gasteiger partial charge < -0.3 is 19.1 Å². The van der Waals surface area contributed by atoms with Crippen molar-refractivity contribution in [2.45, 2.75) is 64.7 Å². The first-order valence-corrected chi connectivity index (χ1v) is 17.6. The zero-order chi connectivity index (χ0) is 33.8. The minimum Gasteiger partial charge on any atom is -0.489 e. The second-order valence-corrected chi connectivity index (χ2v) is 12.5. The van der Waals surface area contributed by atoms with Gasteiger partial charge in [-0.25, -0.2) is 0 Å². The summed E-state index contributed by atoms with van der Waals surface area (Å²) in [4.78, 5) is 15.9. The topological polar surface area (TPSA) is 48.0 Å². The lowest BCUT2D eigenvalue weighted by Crippen LogP contribution is -2.32. The van der Waals surface area contributed by atoms with Crippen molar-refractivity contribution in [3.05, 3.63) is 167 Å². The van der Waals surface area contributed by atoms with E-state index in [2.05, 4.69) is 42.5 Å². The average Bonchev–Trinajstić information content (AvgIpc) is 3.15. The summed E-state index contributed by atoms with van der Waals surface area (Å²) >= 11 is 0. The number of aryl methyl sites for hydroxylation is 1. The van der Waals surface area contributed by atoms with Gasteiger partial charge in [0.2, 0.25) is 5.91 Å². The summed E-state index contributed by atoms with van der Waals surface area (Å²) < 4.78 is 18.3. The summed E-state index contributed by atoms with van der Waals surface area (Å²) in [7, 11) is 0. The zero-order valence-corrected chi connectivity index (χ0v) is 28.6. The minimum atomic E-state index is 0.0905. The van der Waals surface area contributed by atoms with Crippen LogP contribution in [-0.4, -0.2) is 30.6 Å². The molecule has 5 heteroatoms. The van der Waals surface area contributed by atoms with Crippen LogP contribution < -0.4 is 9.47 Å². The Hall–Kier alpha value is -4.87. The highest BCUT2D eigenvalue weighted by Crippen LogP contribution is 2.26. The molecule has 5 aromatic carbocycles. The van der Waals surface area contributed by atoms with Crippen LogP contribution in [0.5, 0.6) is 11.5 Å². The van der Waals surface area contributed by atoms with Gasteiger partial charge in [-0.2, -0.15) is 0 Å². The van der Waals surface area contributed by atoms with Crippen LogP contribution in [0.3, 0.4) is 0 Å². The van der Waals surface area contributed by atoms with Crippen LogP contribution in [0.1, 0.15) is 59.9 Å². The lowest BCUT2D eigenvalue weighted by atomic mass is 10.1. The fraction of sp³-hybridized carbons (Fsp3) is 0.295. The predicted molar refractivity (Wildman–Crippen MR) is 198 cm³/mol. The molecule has 0 spiro atoms. The second-order valence-electron chi connectivity index (χ2n) is 12.5. The molecule has 0 N–H and O–H groups in total. The molecule has 0 aliphatic carbocycles. The van der Waals surface area contributed by atoms with Crippen molar-refractivity contribution in [1.82, 2.24) is 4.90 Å². The van der Waals surface area contributed by atoms with Gasteiger partial charge in [0.05, 0.1) is 6.42 Å². The van der Waals surface area contributed by atoms with Crippen molar-refractivity contribution < 1.29 is 19.0 Å². The van der Waals surface area contributed by atoms with Crippen molar-refractivity contribution in [2.24, 2.45) is 0 Å². The number of ether oxygens (including phenoxy) is 3. The van der Waals surface area contributed by atoms with Gasteiger partial charge in [-0.05, 0) is 78.5 Å². The molecule has 0 saturated carbocycles. The number of amides is 1. The highest BCUT2D eigenvalue weighted by atomic mass is 16.5. The van der Waals surface area contributed by atoms with Crippen LogP contribution in [-0.2, 0) is 42.1 Å². The molecular weight excluding hydrogens is 606 g/mol. The van der Waals surface area contributed by atoms with Crippen molar-refractivity contribution in [1.29, 1.82) is 0 Å². The van der Waals surface area contributed by atoms with Crippen LogP contribution in [0, 0.1) is 0 Å². The van der Waals surface area contributed by atoms with Crippen LogP contribution in [0.15, 0.2) is 140 Å². The van der Waals surface area contributed by atoms with Crippen molar-refractivity contribution in [3.8, 4) is 11.5 Å². The van der Waals surface area contributed by atoms with Gasteiger partial charge in [-0.3, -0.25) is 4.79 Å². The number of hydrogen-bond acceptors (Lipinski definition) is 4. The molecule has 0 aliphatic rings. The van der Waals surface area contributed by atoms with Gasteiger partial charge in [0, 0.05) is 32.4 Å². The van der Waals surface area contributed by atoms with E-state index in [4.69, 9.17) is 14.2 Å². The van der Waals surface area contributed by atoms with Gasteiger partial charge in [-0.15, -0.1) is 0 Å². The number of rotatable bonds is 21. The summed E-state index contributed by atoms with van der Waals surface area (Å²) in [5.74, 6) is 1.46. The highest BCUT2D eigenvalue weighted by molar-refractivity contribution is 5.79. The Bertz CT molecular complexity index is 1570. The highest BCUT2D eigenvalue weighted by Gasteiger charge is 2.16. The molecule has 5 nitrogen and oxygen atoms in total. The molecule has 0 radical (unpaired) electrons. The van der Waals surface area contributed by atoms with Crippen molar-refractivity contribution in [2.75, 3.05) is 19.8 Å². The Morgan fingerprint density at radius 2 is 0.980 bits per heavy atom. The van der Waals surface area contributed by atoms with E-state index in [1.165, 1.54) is 5.56 Å². The molecule has 0 unspecified atom stereocenters. The molecule has 254 valence electrons. The number of carbonyl (C=O) groups is 1. The van der Waals surface area contributed by atoms with Crippen molar-refractivity contribution in [3.63, 3.8) is 0 Å². The lowest BCUT2D eigenvalue weighted by Gasteiger charge is -2.23. The van der Waals surface area contributed by atoms with Gasteiger partial charge in [0.25, 0.3) is 0 Å². The predicted octanol–water partition coefficient (Wildman–Crippen LogP) is 9.63. The van der Waals surface area contributed by atoms with E-state index >= 15 is 0 Å².